The predicted molar refractivity (Wildman–Crippen MR) is 86.7 cm³/mol. The van der Waals surface area contributed by atoms with Crippen LogP contribution < -0.4 is 10.2 Å². The number of anilines is 3. The van der Waals surface area contributed by atoms with Gasteiger partial charge in [-0.1, -0.05) is 24.3 Å². The molecule has 0 saturated heterocycles. The van der Waals surface area contributed by atoms with Gasteiger partial charge in [0.25, 0.3) is 0 Å². The fraction of sp³-hybridized carbons (Fsp3) is 0.353. The van der Waals surface area contributed by atoms with Gasteiger partial charge >= 0.3 is 0 Å². The van der Waals surface area contributed by atoms with E-state index < -0.39 is 0 Å². The Morgan fingerprint density at radius 2 is 1.70 bits per heavy atom. The van der Waals surface area contributed by atoms with E-state index in [0.29, 0.717) is 0 Å². The summed E-state index contributed by atoms with van der Waals surface area (Å²) in [6.45, 7) is 9.43. The van der Waals surface area contributed by atoms with Gasteiger partial charge in [-0.2, -0.15) is 0 Å². The second kappa shape index (κ2) is 5.95. The summed E-state index contributed by atoms with van der Waals surface area (Å²) in [5.41, 5.74) is 1.17. The number of hydrogen-bond acceptors (Lipinski definition) is 3. The zero-order valence-corrected chi connectivity index (χ0v) is 12.7. The van der Waals surface area contributed by atoms with Gasteiger partial charge in [-0.25, -0.2) is 4.98 Å². The van der Waals surface area contributed by atoms with E-state index in [-0.39, 0.29) is 5.54 Å². The van der Waals surface area contributed by atoms with Crippen LogP contribution in [0.2, 0.25) is 0 Å². The van der Waals surface area contributed by atoms with Crippen LogP contribution in [0.3, 0.4) is 0 Å². The first-order valence-corrected chi connectivity index (χ1v) is 7.07. The van der Waals surface area contributed by atoms with Crippen LogP contribution in [0.4, 0.5) is 17.3 Å². The smallest absolute Gasteiger partial charge is 0.135 e. The van der Waals surface area contributed by atoms with Gasteiger partial charge in [-0.05, 0) is 52.0 Å². The first-order valence-electron chi connectivity index (χ1n) is 7.07. The molecule has 0 radical (unpaired) electrons. The average molecular weight is 269 g/mol. The van der Waals surface area contributed by atoms with E-state index in [1.165, 1.54) is 0 Å². The standard InChI is InChI=1S/C17H23N3/c1-5-20(14-10-7-6-8-11-14)16-13-9-12-15(18-16)19-17(2,3)4/h6-13H,5H2,1-4H3,(H,18,19). The Morgan fingerprint density at radius 3 is 2.30 bits per heavy atom. The van der Waals surface area contributed by atoms with Crippen LogP contribution in [-0.4, -0.2) is 17.1 Å². The molecule has 1 N–H and O–H groups in total. The monoisotopic (exact) mass is 269 g/mol. The fourth-order valence-electron chi connectivity index (χ4n) is 2.11. The van der Waals surface area contributed by atoms with Crippen molar-refractivity contribution in [3.8, 4) is 0 Å². The zero-order valence-electron chi connectivity index (χ0n) is 12.7. The average Bonchev–Trinajstić information content (AvgIpc) is 2.39. The van der Waals surface area contributed by atoms with Gasteiger partial charge in [-0.3, -0.25) is 0 Å². The Hall–Kier alpha value is -2.03. The van der Waals surface area contributed by atoms with E-state index in [9.17, 15) is 0 Å². The van der Waals surface area contributed by atoms with Crippen molar-refractivity contribution in [2.24, 2.45) is 0 Å². The molecule has 1 heterocycles. The molecule has 106 valence electrons. The van der Waals surface area contributed by atoms with Crippen LogP contribution in [-0.2, 0) is 0 Å². The van der Waals surface area contributed by atoms with Gasteiger partial charge in [-0.15, -0.1) is 0 Å². The van der Waals surface area contributed by atoms with Crippen molar-refractivity contribution in [2.45, 2.75) is 33.2 Å². The number of aromatic nitrogens is 1. The molecule has 0 bridgehead atoms. The molecular weight excluding hydrogens is 246 g/mol. The molecule has 0 aliphatic carbocycles. The van der Waals surface area contributed by atoms with Crippen molar-refractivity contribution in [2.75, 3.05) is 16.8 Å². The molecule has 3 heteroatoms. The number of nitrogens with one attached hydrogen (secondary N) is 1. The summed E-state index contributed by atoms with van der Waals surface area (Å²) < 4.78 is 0. The van der Waals surface area contributed by atoms with Crippen LogP contribution in [0.25, 0.3) is 0 Å². The second-order valence-corrected chi connectivity index (χ2v) is 5.84. The lowest BCUT2D eigenvalue weighted by atomic mass is 10.1. The summed E-state index contributed by atoms with van der Waals surface area (Å²) in [6.07, 6.45) is 0. The quantitative estimate of drug-likeness (QED) is 0.888. The van der Waals surface area contributed by atoms with Gasteiger partial charge in [0.05, 0.1) is 0 Å². The van der Waals surface area contributed by atoms with E-state index >= 15 is 0 Å². The molecule has 1 aromatic heterocycles. The molecule has 0 amide bonds. The lowest BCUT2D eigenvalue weighted by Crippen LogP contribution is -2.27. The van der Waals surface area contributed by atoms with Crippen molar-refractivity contribution in [3.63, 3.8) is 0 Å². The molecule has 0 aliphatic rings. The van der Waals surface area contributed by atoms with E-state index in [1.807, 2.05) is 24.3 Å². The topological polar surface area (TPSA) is 28.2 Å². The highest BCUT2D eigenvalue weighted by Crippen LogP contribution is 2.24. The normalized spacial score (nSPS) is 11.2. The molecule has 0 fully saturated rings. The maximum absolute atomic E-state index is 4.72. The molecular formula is C17H23N3. The number of rotatable bonds is 4. The highest BCUT2D eigenvalue weighted by molar-refractivity contribution is 5.61. The van der Waals surface area contributed by atoms with Crippen molar-refractivity contribution >= 4 is 17.3 Å². The van der Waals surface area contributed by atoms with Crippen LogP contribution in [0.5, 0.6) is 0 Å². The van der Waals surface area contributed by atoms with E-state index in [1.54, 1.807) is 0 Å². The Balaban J connectivity index is 2.29. The van der Waals surface area contributed by atoms with Gasteiger partial charge < -0.3 is 10.2 Å². The molecule has 0 saturated carbocycles. The first kappa shape index (κ1) is 14.4. The third-order valence-electron chi connectivity index (χ3n) is 2.90. The molecule has 2 rings (SSSR count). The lowest BCUT2D eigenvalue weighted by molar-refractivity contribution is 0.630. The van der Waals surface area contributed by atoms with Crippen molar-refractivity contribution < 1.29 is 0 Å². The summed E-state index contributed by atoms with van der Waals surface area (Å²) in [4.78, 5) is 6.92. The van der Waals surface area contributed by atoms with Gasteiger partial charge in [0, 0.05) is 17.8 Å². The summed E-state index contributed by atoms with van der Waals surface area (Å²) in [7, 11) is 0. The maximum atomic E-state index is 4.72. The van der Waals surface area contributed by atoms with Gasteiger partial charge in [0.2, 0.25) is 0 Å². The fourth-order valence-corrected chi connectivity index (χ4v) is 2.11. The number of nitrogens with zero attached hydrogens (tertiary/aromatic N) is 2. The number of pyridine rings is 1. The highest BCUT2D eigenvalue weighted by Gasteiger charge is 2.12. The highest BCUT2D eigenvalue weighted by atomic mass is 15.2. The SMILES string of the molecule is CCN(c1ccccc1)c1cccc(NC(C)(C)C)n1. The minimum absolute atomic E-state index is 0.00934. The minimum atomic E-state index is 0.00934. The second-order valence-electron chi connectivity index (χ2n) is 5.84. The summed E-state index contributed by atoms with van der Waals surface area (Å²) in [5, 5.41) is 3.41. The Kier molecular flexibility index (Phi) is 4.28. The molecule has 0 spiro atoms. The molecule has 2 aromatic rings. The van der Waals surface area contributed by atoms with E-state index in [4.69, 9.17) is 4.98 Å². The van der Waals surface area contributed by atoms with E-state index in [0.717, 1.165) is 23.9 Å². The molecule has 0 aliphatic heterocycles. The first-order chi connectivity index (χ1) is 9.49. The summed E-state index contributed by atoms with van der Waals surface area (Å²) in [5.74, 6) is 1.87. The molecule has 1 aromatic carbocycles. The van der Waals surface area contributed by atoms with Gasteiger partial charge in [0.15, 0.2) is 0 Å². The Bertz CT molecular complexity index is 544. The molecule has 0 unspecified atom stereocenters. The minimum Gasteiger partial charge on any atom is -0.365 e. The van der Waals surface area contributed by atoms with Crippen molar-refractivity contribution in [1.29, 1.82) is 0 Å². The molecule has 3 nitrogen and oxygen atoms in total. The van der Waals surface area contributed by atoms with Crippen LogP contribution in [0.15, 0.2) is 48.5 Å². The van der Waals surface area contributed by atoms with Crippen LogP contribution in [0, 0.1) is 0 Å². The number of hydrogen-bond donors (Lipinski definition) is 1. The zero-order chi connectivity index (χ0) is 14.6. The van der Waals surface area contributed by atoms with Crippen molar-refractivity contribution in [1.82, 2.24) is 4.98 Å². The number of benzene rings is 1. The third kappa shape index (κ3) is 3.73. The molecule has 20 heavy (non-hydrogen) atoms. The Morgan fingerprint density at radius 1 is 1.00 bits per heavy atom. The predicted octanol–water partition coefficient (Wildman–Crippen LogP) is 4.45. The largest absolute Gasteiger partial charge is 0.365 e. The third-order valence-corrected chi connectivity index (χ3v) is 2.90. The molecule has 0 atom stereocenters. The van der Waals surface area contributed by atoms with Crippen LogP contribution in [0.1, 0.15) is 27.7 Å². The number of para-hydroxylation sites is 1. The summed E-state index contributed by atoms with van der Waals surface area (Å²) >= 11 is 0. The van der Waals surface area contributed by atoms with Crippen LogP contribution >= 0.6 is 0 Å². The lowest BCUT2D eigenvalue weighted by Gasteiger charge is -2.25. The van der Waals surface area contributed by atoms with Gasteiger partial charge in [0.1, 0.15) is 11.6 Å². The Labute approximate surface area is 121 Å². The maximum Gasteiger partial charge on any atom is 0.135 e. The summed E-state index contributed by atoms with van der Waals surface area (Å²) in [6, 6.07) is 16.4. The van der Waals surface area contributed by atoms with Crippen molar-refractivity contribution in [3.05, 3.63) is 48.5 Å². The van der Waals surface area contributed by atoms with E-state index in [2.05, 4.69) is 62.2 Å².